The SMILES string of the molecule is CC(=O)N(CCC(=O)N1CCN(C=O)CC1)c1ccc(C(C)(C)C)cc1. The molecule has 2 rings (SSSR count). The van der Waals surface area contributed by atoms with Gasteiger partial charge in [0.25, 0.3) is 0 Å². The van der Waals surface area contributed by atoms with Crippen molar-refractivity contribution < 1.29 is 14.4 Å². The van der Waals surface area contributed by atoms with Gasteiger partial charge < -0.3 is 14.7 Å². The standard InChI is InChI=1S/C20H29N3O3/c1-16(25)23(18-7-5-17(6-8-18)20(2,3)4)10-9-19(26)22-13-11-21(15-24)12-14-22/h5-8,15H,9-14H2,1-4H3. The molecule has 1 aromatic carbocycles. The molecule has 3 amide bonds. The van der Waals surface area contributed by atoms with E-state index in [2.05, 4.69) is 20.8 Å². The smallest absolute Gasteiger partial charge is 0.224 e. The van der Waals surface area contributed by atoms with Crippen LogP contribution < -0.4 is 4.90 Å². The number of carbonyl (C=O) groups excluding carboxylic acids is 3. The van der Waals surface area contributed by atoms with Gasteiger partial charge in [-0.2, -0.15) is 0 Å². The number of piperazine rings is 1. The fourth-order valence-electron chi connectivity index (χ4n) is 3.05. The summed E-state index contributed by atoms with van der Waals surface area (Å²) in [6, 6.07) is 7.95. The summed E-state index contributed by atoms with van der Waals surface area (Å²) >= 11 is 0. The molecular formula is C20H29N3O3. The zero-order chi connectivity index (χ0) is 19.3. The van der Waals surface area contributed by atoms with Crippen molar-refractivity contribution in [2.24, 2.45) is 0 Å². The summed E-state index contributed by atoms with van der Waals surface area (Å²) in [6.45, 7) is 10.6. The second kappa shape index (κ2) is 8.34. The van der Waals surface area contributed by atoms with Crippen molar-refractivity contribution >= 4 is 23.9 Å². The molecule has 0 unspecified atom stereocenters. The topological polar surface area (TPSA) is 60.9 Å². The molecule has 0 aliphatic carbocycles. The average molecular weight is 359 g/mol. The van der Waals surface area contributed by atoms with Crippen LogP contribution in [-0.4, -0.2) is 60.7 Å². The first kappa shape index (κ1) is 19.9. The van der Waals surface area contributed by atoms with Crippen LogP contribution in [0, 0.1) is 0 Å². The lowest BCUT2D eigenvalue weighted by Crippen LogP contribution is -2.48. The lowest BCUT2D eigenvalue weighted by Gasteiger charge is -2.33. The summed E-state index contributed by atoms with van der Waals surface area (Å²) in [5.41, 5.74) is 2.07. The zero-order valence-corrected chi connectivity index (χ0v) is 16.2. The molecular weight excluding hydrogens is 330 g/mol. The van der Waals surface area contributed by atoms with Gasteiger partial charge in [-0.25, -0.2) is 0 Å². The van der Waals surface area contributed by atoms with E-state index in [-0.39, 0.29) is 23.7 Å². The van der Waals surface area contributed by atoms with Gasteiger partial charge in [0.2, 0.25) is 18.2 Å². The molecule has 1 saturated heterocycles. The van der Waals surface area contributed by atoms with Crippen molar-refractivity contribution in [3.05, 3.63) is 29.8 Å². The molecule has 0 N–H and O–H groups in total. The van der Waals surface area contributed by atoms with Crippen molar-refractivity contribution in [1.82, 2.24) is 9.80 Å². The first-order valence-electron chi connectivity index (χ1n) is 9.08. The molecule has 1 aromatic rings. The van der Waals surface area contributed by atoms with E-state index in [1.807, 2.05) is 24.3 Å². The number of rotatable bonds is 5. The molecule has 142 valence electrons. The monoisotopic (exact) mass is 359 g/mol. The lowest BCUT2D eigenvalue weighted by molar-refractivity contribution is -0.135. The molecule has 0 radical (unpaired) electrons. The molecule has 1 heterocycles. The molecule has 0 spiro atoms. The molecule has 0 aromatic heterocycles. The van der Waals surface area contributed by atoms with Gasteiger partial charge in [0, 0.05) is 51.8 Å². The Morgan fingerprint density at radius 3 is 2.12 bits per heavy atom. The van der Waals surface area contributed by atoms with Crippen molar-refractivity contribution in [2.75, 3.05) is 37.6 Å². The third-order valence-electron chi connectivity index (χ3n) is 4.79. The average Bonchev–Trinajstić information content (AvgIpc) is 2.61. The van der Waals surface area contributed by atoms with E-state index in [0.717, 1.165) is 12.1 Å². The highest BCUT2D eigenvalue weighted by Gasteiger charge is 2.22. The molecule has 1 aliphatic heterocycles. The first-order chi connectivity index (χ1) is 12.2. The Labute approximate surface area is 155 Å². The van der Waals surface area contributed by atoms with Crippen molar-refractivity contribution in [2.45, 2.75) is 39.5 Å². The van der Waals surface area contributed by atoms with E-state index >= 15 is 0 Å². The van der Waals surface area contributed by atoms with Crippen molar-refractivity contribution in [1.29, 1.82) is 0 Å². The molecule has 0 saturated carbocycles. The van der Waals surface area contributed by atoms with Crippen LogP contribution in [0.15, 0.2) is 24.3 Å². The van der Waals surface area contributed by atoms with Crippen LogP contribution in [-0.2, 0) is 19.8 Å². The number of anilines is 1. The minimum atomic E-state index is -0.0768. The fraction of sp³-hybridized carbons (Fsp3) is 0.550. The number of nitrogens with zero attached hydrogens (tertiary/aromatic N) is 3. The predicted octanol–water partition coefficient (Wildman–Crippen LogP) is 2.03. The Balaban J connectivity index is 1.97. The Kier molecular flexibility index (Phi) is 6.40. The normalized spacial score (nSPS) is 14.9. The van der Waals surface area contributed by atoms with E-state index in [1.54, 1.807) is 14.7 Å². The van der Waals surface area contributed by atoms with Crippen LogP contribution in [0.2, 0.25) is 0 Å². The summed E-state index contributed by atoms with van der Waals surface area (Å²) in [7, 11) is 0. The van der Waals surface area contributed by atoms with Gasteiger partial charge in [0.05, 0.1) is 0 Å². The van der Waals surface area contributed by atoms with Crippen LogP contribution in [0.25, 0.3) is 0 Å². The third-order valence-corrected chi connectivity index (χ3v) is 4.79. The molecule has 6 nitrogen and oxygen atoms in total. The Morgan fingerprint density at radius 1 is 1.08 bits per heavy atom. The third kappa shape index (κ3) is 5.07. The highest BCUT2D eigenvalue weighted by atomic mass is 16.2. The van der Waals surface area contributed by atoms with Crippen LogP contribution in [0.5, 0.6) is 0 Å². The minimum Gasteiger partial charge on any atom is -0.342 e. The van der Waals surface area contributed by atoms with Gasteiger partial charge in [-0.3, -0.25) is 14.4 Å². The van der Waals surface area contributed by atoms with Gasteiger partial charge >= 0.3 is 0 Å². The van der Waals surface area contributed by atoms with Gasteiger partial charge in [-0.05, 0) is 23.1 Å². The summed E-state index contributed by atoms with van der Waals surface area (Å²) in [4.78, 5) is 40.3. The molecule has 6 heteroatoms. The summed E-state index contributed by atoms with van der Waals surface area (Å²) in [5.74, 6) is -0.0554. The molecule has 0 atom stereocenters. The quantitative estimate of drug-likeness (QED) is 0.756. The van der Waals surface area contributed by atoms with Crippen LogP contribution >= 0.6 is 0 Å². The first-order valence-corrected chi connectivity index (χ1v) is 9.08. The Hall–Kier alpha value is -2.37. The van der Waals surface area contributed by atoms with E-state index < -0.39 is 0 Å². The van der Waals surface area contributed by atoms with Gasteiger partial charge in [-0.1, -0.05) is 32.9 Å². The van der Waals surface area contributed by atoms with E-state index in [9.17, 15) is 14.4 Å². The van der Waals surface area contributed by atoms with Crippen LogP contribution in [0.1, 0.15) is 39.7 Å². The van der Waals surface area contributed by atoms with Crippen molar-refractivity contribution in [3.8, 4) is 0 Å². The van der Waals surface area contributed by atoms with Crippen LogP contribution in [0.4, 0.5) is 5.69 Å². The molecule has 1 aliphatic rings. The maximum absolute atomic E-state index is 12.4. The lowest BCUT2D eigenvalue weighted by atomic mass is 9.87. The summed E-state index contributed by atoms with van der Waals surface area (Å²) in [6.07, 6.45) is 1.10. The Morgan fingerprint density at radius 2 is 1.65 bits per heavy atom. The Bertz CT molecular complexity index is 641. The van der Waals surface area contributed by atoms with Gasteiger partial charge in [0.15, 0.2) is 0 Å². The van der Waals surface area contributed by atoms with E-state index in [0.29, 0.717) is 32.7 Å². The molecule has 0 bridgehead atoms. The second-order valence-corrected chi connectivity index (χ2v) is 7.74. The summed E-state index contributed by atoms with van der Waals surface area (Å²) in [5, 5.41) is 0. The number of hydrogen-bond donors (Lipinski definition) is 0. The largest absolute Gasteiger partial charge is 0.342 e. The number of carbonyl (C=O) groups is 3. The molecule has 26 heavy (non-hydrogen) atoms. The van der Waals surface area contributed by atoms with E-state index in [4.69, 9.17) is 0 Å². The highest BCUT2D eigenvalue weighted by molar-refractivity contribution is 5.92. The van der Waals surface area contributed by atoms with E-state index in [1.165, 1.54) is 12.5 Å². The fourth-order valence-corrected chi connectivity index (χ4v) is 3.05. The summed E-state index contributed by atoms with van der Waals surface area (Å²) < 4.78 is 0. The molecule has 1 fully saturated rings. The highest BCUT2D eigenvalue weighted by Crippen LogP contribution is 2.25. The predicted molar refractivity (Wildman–Crippen MR) is 102 cm³/mol. The minimum absolute atomic E-state index is 0.0214. The van der Waals surface area contributed by atoms with Crippen LogP contribution in [0.3, 0.4) is 0 Å². The van der Waals surface area contributed by atoms with Gasteiger partial charge in [-0.15, -0.1) is 0 Å². The van der Waals surface area contributed by atoms with Crippen molar-refractivity contribution in [3.63, 3.8) is 0 Å². The zero-order valence-electron chi connectivity index (χ0n) is 16.2. The second-order valence-electron chi connectivity index (χ2n) is 7.74. The van der Waals surface area contributed by atoms with Gasteiger partial charge in [0.1, 0.15) is 0 Å². The maximum atomic E-state index is 12.4. The number of hydrogen-bond acceptors (Lipinski definition) is 3. The number of amides is 3. The maximum Gasteiger partial charge on any atom is 0.224 e. The number of benzene rings is 1.